The van der Waals surface area contributed by atoms with Crippen molar-refractivity contribution < 1.29 is 9.32 Å². The van der Waals surface area contributed by atoms with Gasteiger partial charge in [0.1, 0.15) is 11.3 Å². The number of hydrogen-bond donors (Lipinski definition) is 2. The van der Waals surface area contributed by atoms with Gasteiger partial charge in [-0.05, 0) is 42.4 Å². The molecular formula is C13H17N3O2S2. The molecule has 7 heteroatoms. The molecule has 0 aromatic carbocycles. The molecule has 2 aromatic rings. The summed E-state index contributed by atoms with van der Waals surface area (Å²) >= 11 is 3.27. The molecule has 108 valence electrons. The van der Waals surface area contributed by atoms with Crippen LogP contribution in [0.2, 0.25) is 0 Å². The van der Waals surface area contributed by atoms with Crippen LogP contribution in [-0.4, -0.2) is 29.6 Å². The standard InChI is InChI=1S/C13H17N3O2S2/c1-8-4-7-20-11(8)10-9(12(14)18-16-10)13(17)15-5-3-6-19-2/h4,7H,3,5-6,14H2,1-2H3,(H,15,17). The van der Waals surface area contributed by atoms with Gasteiger partial charge in [-0.2, -0.15) is 11.8 Å². The van der Waals surface area contributed by atoms with Gasteiger partial charge in [0.15, 0.2) is 0 Å². The molecule has 0 fully saturated rings. The van der Waals surface area contributed by atoms with Gasteiger partial charge in [-0.15, -0.1) is 11.3 Å². The molecule has 2 heterocycles. The second-order valence-electron chi connectivity index (χ2n) is 4.31. The Bertz CT molecular complexity index is 592. The predicted molar refractivity (Wildman–Crippen MR) is 84.3 cm³/mol. The molecule has 0 saturated carbocycles. The molecule has 2 aromatic heterocycles. The Labute approximate surface area is 125 Å². The number of nitrogens with zero attached hydrogens (tertiary/aromatic N) is 1. The number of nitrogens with two attached hydrogens (primary N) is 1. The van der Waals surface area contributed by atoms with Crippen molar-refractivity contribution in [2.45, 2.75) is 13.3 Å². The third-order valence-corrected chi connectivity index (χ3v) is 4.55. The van der Waals surface area contributed by atoms with E-state index in [-0.39, 0.29) is 11.8 Å². The van der Waals surface area contributed by atoms with Crippen LogP contribution in [0, 0.1) is 6.92 Å². The molecule has 0 radical (unpaired) electrons. The van der Waals surface area contributed by atoms with E-state index in [1.165, 1.54) is 11.3 Å². The average Bonchev–Trinajstić information content (AvgIpc) is 3.00. The summed E-state index contributed by atoms with van der Waals surface area (Å²) in [5.74, 6) is 0.846. The van der Waals surface area contributed by atoms with Gasteiger partial charge in [-0.3, -0.25) is 4.79 Å². The Balaban J connectivity index is 2.17. The summed E-state index contributed by atoms with van der Waals surface area (Å²) in [4.78, 5) is 13.1. The number of hydrogen-bond acceptors (Lipinski definition) is 6. The number of carbonyl (C=O) groups excluding carboxylic acids is 1. The smallest absolute Gasteiger partial charge is 0.259 e. The molecule has 5 nitrogen and oxygen atoms in total. The number of thiophene rings is 1. The zero-order valence-corrected chi connectivity index (χ0v) is 13.1. The largest absolute Gasteiger partial charge is 0.367 e. The van der Waals surface area contributed by atoms with Crippen LogP contribution in [0.15, 0.2) is 16.0 Å². The quantitative estimate of drug-likeness (QED) is 0.802. The van der Waals surface area contributed by atoms with Crippen molar-refractivity contribution >= 4 is 34.9 Å². The number of rotatable bonds is 6. The summed E-state index contributed by atoms with van der Waals surface area (Å²) in [5.41, 5.74) is 7.65. The van der Waals surface area contributed by atoms with E-state index in [1.807, 2.05) is 24.6 Å². The van der Waals surface area contributed by atoms with Crippen LogP contribution in [0.1, 0.15) is 22.3 Å². The van der Waals surface area contributed by atoms with Gasteiger partial charge in [-0.1, -0.05) is 5.16 Å². The number of aryl methyl sites for hydroxylation is 1. The SMILES string of the molecule is CSCCCNC(=O)c1c(-c2sccc2C)noc1N. The van der Waals surface area contributed by atoms with Crippen LogP contribution in [-0.2, 0) is 0 Å². The zero-order valence-electron chi connectivity index (χ0n) is 11.4. The number of anilines is 1. The molecule has 0 saturated heterocycles. The van der Waals surface area contributed by atoms with Crippen LogP contribution in [0.3, 0.4) is 0 Å². The van der Waals surface area contributed by atoms with Gasteiger partial charge in [0.25, 0.3) is 5.91 Å². The Morgan fingerprint density at radius 2 is 2.40 bits per heavy atom. The maximum Gasteiger partial charge on any atom is 0.259 e. The van der Waals surface area contributed by atoms with Crippen molar-refractivity contribution in [2.24, 2.45) is 0 Å². The molecule has 0 spiro atoms. The van der Waals surface area contributed by atoms with E-state index in [1.54, 1.807) is 11.8 Å². The number of carbonyl (C=O) groups is 1. The Hall–Kier alpha value is -1.47. The van der Waals surface area contributed by atoms with Gasteiger partial charge in [0.05, 0.1) is 4.88 Å². The lowest BCUT2D eigenvalue weighted by Gasteiger charge is -2.04. The molecule has 0 unspecified atom stereocenters. The van der Waals surface area contributed by atoms with E-state index >= 15 is 0 Å². The second-order valence-corrected chi connectivity index (χ2v) is 6.21. The highest BCUT2D eigenvalue weighted by molar-refractivity contribution is 7.98. The number of nitrogens with one attached hydrogen (secondary N) is 1. The molecular weight excluding hydrogens is 294 g/mol. The third kappa shape index (κ3) is 3.16. The molecule has 2 rings (SSSR count). The maximum absolute atomic E-state index is 12.2. The topological polar surface area (TPSA) is 81.2 Å². The van der Waals surface area contributed by atoms with Crippen LogP contribution in [0.4, 0.5) is 5.88 Å². The molecule has 3 N–H and O–H groups in total. The first-order valence-corrected chi connectivity index (χ1v) is 8.49. The zero-order chi connectivity index (χ0) is 14.5. The van der Waals surface area contributed by atoms with Gasteiger partial charge < -0.3 is 15.6 Å². The Morgan fingerprint density at radius 3 is 3.05 bits per heavy atom. The first kappa shape index (κ1) is 14.9. The summed E-state index contributed by atoms with van der Waals surface area (Å²) in [7, 11) is 0. The van der Waals surface area contributed by atoms with E-state index in [9.17, 15) is 4.79 Å². The van der Waals surface area contributed by atoms with E-state index in [0.717, 1.165) is 22.6 Å². The summed E-state index contributed by atoms with van der Waals surface area (Å²) < 4.78 is 4.99. The molecule has 0 atom stereocenters. The molecule has 1 amide bonds. The van der Waals surface area contributed by atoms with Gasteiger partial charge in [0, 0.05) is 6.54 Å². The Kier molecular flexibility index (Phi) is 5.08. The van der Waals surface area contributed by atoms with Crippen molar-refractivity contribution in [3.05, 3.63) is 22.6 Å². The number of amides is 1. The van der Waals surface area contributed by atoms with Gasteiger partial charge in [0.2, 0.25) is 5.88 Å². The van der Waals surface area contributed by atoms with Crippen LogP contribution in [0.25, 0.3) is 10.6 Å². The minimum absolute atomic E-state index is 0.0650. The van der Waals surface area contributed by atoms with Crippen molar-refractivity contribution in [3.63, 3.8) is 0 Å². The summed E-state index contributed by atoms with van der Waals surface area (Å²) in [6.45, 7) is 2.59. The minimum Gasteiger partial charge on any atom is -0.367 e. The van der Waals surface area contributed by atoms with Crippen LogP contribution < -0.4 is 11.1 Å². The average molecular weight is 311 g/mol. The van der Waals surface area contributed by atoms with Crippen molar-refractivity contribution in [3.8, 4) is 10.6 Å². The van der Waals surface area contributed by atoms with Crippen molar-refractivity contribution in [2.75, 3.05) is 24.3 Å². The summed E-state index contributed by atoms with van der Waals surface area (Å²) in [6, 6.07) is 1.98. The fraction of sp³-hybridized carbons (Fsp3) is 0.385. The highest BCUT2D eigenvalue weighted by Crippen LogP contribution is 2.33. The maximum atomic E-state index is 12.2. The highest BCUT2D eigenvalue weighted by Gasteiger charge is 2.23. The van der Waals surface area contributed by atoms with E-state index < -0.39 is 0 Å². The lowest BCUT2D eigenvalue weighted by atomic mass is 10.1. The Morgan fingerprint density at radius 1 is 1.60 bits per heavy atom. The van der Waals surface area contributed by atoms with Crippen molar-refractivity contribution in [1.82, 2.24) is 10.5 Å². The van der Waals surface area contributed by atoms with Gasteiger partial charge in [-0.25, -0.2) is 0 Å². The lowest BCUT2D eigenvalue weighted by Crippen LogP contribution is -2.25. The predicted octanol–water partition coefficient (Wildman–Crippen LogP) is 2.78. The fourth-order valence-electron chi connectivity index (χ4n) is 1.80. The lowest BCUT2D eigenvalue weighted by molar-refractivity contribution is 0.0955. The number of aromatic nitrogens is 1. The molecule has 0 bridgehead atoms. The van der Waals surface area contributed by atoms with Crippen LogP contribution in [0.5, 0.6) is 0 Å². The van der Waals surface area contributed by atoms with Crippen LogP contribution >= 0.6 is 23.1 Å². The first-order chi connectivity index (χ1) is 9.65. The number of thioether (sulfide) groups is 1. The van der Waals surface area contributed by atoms with E-state index in [0.29, 0.717) is 17.8 Å². The summed E-state index contributed by atoms with van der Waals surface area (Å²) in [6.07, 6.45) is 2.96. The molecule has 0 aliphatic rings. The van der Waals surface area contributed by atoms with E-state index in [2.05, 4.69) is 10.5 Å². The minimum atomic E-state index is -0.229. The fourth-order valence-corrected chi connectivity index (χ4v) is 3.15. The summed E-state index contributed by atoms with van der Waals surface area (Å²) in [5, 5.41) is 8.74. The monoisotopic (exact) mass is 311 g/mol. The first-order valence-electron chi connectivity index (χ1n) is 6.22. The normalized spacial score (nSPS) is 10.7. The van der Waals surface area contributed by atoms with E-state index in [4.69, 9.17) is 10.3 Å². The highest BCUT2D eigenvalue weighted by atomic mass is 32.2. The second kappa shape index (κ2) is 6.81. The molecule has 0 aliphatic heterocycles. The van der Waals surface area contributed by atoms with Gasteiger partial charge >= 0.3 is 0 Å². The molecule has 20 heavy (non-hydrogen) atoms. The third-order valence-electron chi connectivity index (χ3n) is 2.83. The van der Waals surface area contributed by atoms with Crippen molar-refractivity contribution in [1.29, 1.82) is 0 Å². The number of nitrogen functional groups attached to an aromatic ring is 1. The molecule has 0 aliphatic carbocycles.